The molecule has 0 saturated heterocycles. The smallest absolute Gasteiger partial charge is 0.261 e. The van der Waals surface area contributed by atoms with Crippen LogP contribution in [0.15, 0.2) is 71.3 Å². The van der Waals surface area contributed by atoms with Crippen molar-refractivity contribution in [2.45, 2.75) is 52.5 Å². The van der Waals surface area contributed by atoms with Gasteiger partial charge in [0.05, 0.1) is 0 Å². The molecule has 0 N–H and O–H groups in total. The summed E-state index contributed by atoms with van der Waals surface area (Å²) in [6.45, 7) is 11.6. The minimum Gasteiger partial charge on any atom is -0.407 e. The van der Waals surface area contributed by atoms with Crippen LogP contribution in [0.25, 0.3) is 0 Å². The normalized spacial score (nSPS) is 18.7. The summed E-state index contributed by atoms with van der Waals surface area (Å²) in [4.78, 5) is 12.4. The number of hydrogen-bond donors (Lipinski definition) is 0. The van der Waals surface area contributed by atoms with Gasteiger partial charge in [0.1, 0.15) is 0 Å². The summed E-state index contributed by atoms with van der Waals surface area (Å²) in [5, 5.41) is 3.25. The molecule has 0 saturated carbocycles. The monoisotopic (exact) mass is 440 g/mol. The van der Waals surface area contributed by atoms with Crippen LogP contribution in [0.3, 0.4) is 0 Å². The molecule has 2 aromatic rings. The zero-order chi connectivity index (χ0) is 21.9. The number of Topliss-reactive ketones (excluding diaryl/α,β-unsaturated/α-hetero) is 1. The lowest BCUT2D eigenvalue weighted by Gasteiger charge is -2.43. The van der Waals surface area contributed by atoms with Crippen molar-refractivity contribution < 1.29 is 9.22 Å². The van der Waals surface area contributed by atoms with Crippen molar-refractivity contribution in [1.29, 1.82) is 0 Å². The quantitative estimate of drug-likeness (QED) is 0.517. The molecule has 0 aliphatic heterocycles. The van der Waals surface area contributed by atoms with Crippen LogP contribution in [0.1, 0.15) is 47.5 Å². The Hall–Kier alpha value is -1.68. The Kier molecular flexibility index (Phi) is 7.06. The molecule has 0 unspecified atom stereocenters. The van der Waals surface area contributed by atoms with E-state index < -0.39 is 8.32 Å². The maximum Gasteiger partial charge on any atom is 0.261 e. The first-order valence-electron chi connectivity index (χ1n) is 10.9. The summed E-state index contributed by atoms with van der Waals surface area (Å²) in [5.74, 6) is 0.452. The van der Waals surface area contributed by atoms with Gasteiger partial charge in [0, 0.05) is 23.6 Å². The van der Waals surface area contributed by atoms with Gasteiger partial charge in [0.25, 0.3) is 8.32 Å². The van der Waals surface area contributed by atoms with Crippen LogP contribution in [0.5, 0.6) is 0 Å². The largest absolute Gasteiger partial charge is 0.407 e. The second-order valence-corrected chi connectivity index (χ2v) is 14.2. The second-order valence-electron chi connectivity index (χ2n) is 9.49. The summed E-state index contributed by atoms with van der Waals surface area (Å²) in [6.07, 6.45) is 1.32. The highest BCUT2D eigenvalue weighted by atomic mass is 35.5. The molecular formula is C26H33ClO2Si. The fourth-order valence-corrected chi connectivity index (χ4v) is 9.63. The first-order chi connectivity index (χ1) is 14.2. The van der Waals surface area contributed by atoms with Gasteiger partial charge in [-0.3, -0.25) is 4.79 Å². The van der Waals surface area contributed by atoms with Gasteiger partial charge < -0.3 is 4.43 Å². The van der Waals surface area contributed by atoms with Gasteiger partial charge in [-0.25, -0.2) is 0 Å². The third-order valence-electron chi connectivity index (χ3n) is 6.26. The molecule has 0 radical (unpaired) electrons. The molecule has 1 aliphatic carbocycles. The predicted octanol–water partition coefficient (Wildman–Crippen LogP) is 5.69. The van der Waals surface area contributed by atoms with Gasteiger partial charge in [-0.15, -0.1) is 0 Å². The zero-order valence-corrected chi connectivity index (χ0v) is 20.5. The van der Waals surface area contributed by atoms with Crippen molar-refractivity contribution >= 4 is 36.1 Å². The van der Waals surface area contributed by atoms with E-state index in [2.05, 4.69) is 88.4 Å². The molecule has 3 rings (SSSR count). The van der Waals surface area contributed by atoms with Crippen LogP contribution >= 0.6 is 11.6 Å². The average Bonchev–Trinajstić information content (AvgIpc) is 2.97. The Morgan fingerprint density at radius 3 is 1.93 bits per heavy atom. The topological polar surface area (TPSA) is 26.3 Å². The molecule has 0 heterocycles. The molecule has 0 amide bonds. The molecule has 30 heavy (non-hydrogen) atoms. The Morgan fingerprint density at radius 1 is 1.03 bits per heavy atom. The molecule has 2 aromatic carbocycles. The van der Waals surface area contributed by atoms with Crippen LogP contribution in [0.4, 0.5) is 0 Å². The van der Waals surface area contributed by atoms with Crippen LogP contribution < -0.4 is 10.4 Å². The van der Waals surface area contributed by atoms with Gasteiger partial charge in [-0.2, -0.15) is 0 Å². The summed E-state index contributed by atoms with van der Waals surface area (Å²) >= 11 is 6.48. The minimum atomic E-state index is -2.54. The molecule has 4 heteroatoms. The number of rotatable bonds is 7. The van der Waals surface area contributed by atoms with Gasteiger partial charge >= 0.3 is 0 Å². The van der Waals surface area contributed by atoms with Crippen molar-refractivity contribution in [3.8, 4) is 0 Å². The molecule has 160 valence electrons. The number of hydrogen-bond acceptors (Lipinski definition) is 2. The van der Waals surface area contributed by atoms with Crippen molar-refractivity contribution in [3.63, 3.8) is 0 Å². The van der Waals surface area contributed by atoms with Crippen molar-refractivity contribution in [1.82, 2.24) is 0 Å². The van der Waals surface area contributed by atoms with E-state index in [1.54, 1.807) is 0 Å². The zero-order valence-electron chi connectivity index (χ0n) is 18.7. The fraction of sp³-hybridized carbons (Fsp3) is 0.423. The Labute approximate surface area is 187 Å². The fourth-order valence-electron chi connectivity index (χ4n) is 4.68. The van der Waals surface area contributed by atoms with E-state index in [0.717, 1.165) is 17.0 Å². The summed E-state index contributed by atoms with van der Waals surface area (Å²) in [7, 11) is -2.54. The summed E-state index contributed by atoms with van der Waals surface area (Å²) in [5.41, 5.74) is 0.815. The van der Waals surface area contributed by atoms with E-state index in [4.69, 9.17) is 16.0 Å². The number of carbonyl (C=O) groups is 1. The third kappa shape index (κ3) is 4.34. The lowest BCUT2D eigenvalue weighted by Crippen LogP contribution is -2.66. The SMILES string of the molecule is C[C@H]1CC(=O)C([C@@H](C)CCO[Si](c2ccccc2)(c2ccccc2)C(C)(C)C)=C1Cl. The summed E-state index contributed by atoms with van der Waals surface area (Å²) in [6, 6.07) is 21.3. The lowest BCUT2D eigenvalue weighted by molar-refractivity contribution is -0.115. The number of carbonyl (C=O) groups excluding carboxylic acids is 1. The van der Waals surface area contributed by atoms with E-state index in [1.165, 1.54) is 10.4 Å². The first-order valence-corrected chi connectivity index (χ1v) is 13.1. The van der Waals surface area contributed by atoms with E-state index in [0.29, 0.717) is 13.0 Å². The van der Waals surface area contributed by atoms with E-state index >= 15 is 0 Å². The number of ketones is 1. The van der Waals surface area contributed by atoms with Crippen LogP contribution in [0.2, 0.25) is 5.04 Å². The number of allylic oxidation sites excluding steroid dienone is 2. The van der Waals surface area contributed by atoms with Crippen molar-refractivity contribution in [3.05, 3.63) is 71.3 Å². The van der Waals surface area contributed by atoms with Crippen molar-refractivity contribution in [2.24, 2.45) is 11.8 Å². The molecule has 1 aliphatic rings. The highest BCUT2D eigenvalue weighted by Crippen LogP contribution is 2.39. The maximum absolute atomic E-state index is 12.4. The molecule has 2 nitrogen and oxygen atoms in total. The Balaban J connectivity index is 1.92. The lowest BCUT2D eigenvalue weighted by atomic mass is 9.97. The van der Waals surface area contributed by atoms with E-state index in [-0.39, 0.29) is 22.7 Å². The predicted molar refractivity (Wildman–Crippen MR) is 129 cm³/mol. The molecule has 0 fully saturated rings. The molecular weight excluding hydrogens is 408 g/mol. The second kappa shape index (κ2) is 9.21. The van der Waals surface area contributed by atoms with Gasteiger partial charge in [0.2, 0.25) is 0 Å². The summed E-state index contributed by atoms with van der Waals surface area (Å²) < 4.78 is 6.96. The van der Waals surface area contributed by atoms with Crippen LogP contribution in [-0.2, 0) is 9.22 Å². The first kappa shape index (κ1) is 23.0. The Morgan fingerprint density at radius 2 is 1.53 bits per heavy atom. The van der Waals surface area contributed by atoms with Gasteiger partial charge in [-0.05, 0) is 33.7 Å². The molecule has 0 spiro atoms. The maximum atomic E-state index is 12.4. The average molecular weight is 441 g/mol. The number of halogens is 1. The highest BCUT2D eigenvalue weighted by Gasteiger charge is 2.50. The molecule has 2 atom stereocenters. The van der Waals surface area contributed by atoms with Gasteiger partial charge in [0.15, 0.2) is 5.78 Å². The van der Waals surface area contributed by atoms with Gasteiger partial charge in [-0.1, -0.05) is 107 Å². The minimum absolute atomic E-state index is 0.0481. The van der Waals surface area contributed by atoms with E-state index in [9.17, 15) is 4.79 Å². The highest BCUT2D eigenvalue weighted by molar-refractivity contribution is 6.99. The van der Waals surface area contributed by atoms with Crippen LogP contribution in [0, 0.1) is 11.8 Å². The van der Waals surface area contributed by atoms with E-state index in [1.807, 2.05) is 6.92 Å². The molecule has 0 aromatic heterocycles. The van der Waals surface area contributed by atoms with Crippen LogP contribution in [-0.4, -0.2) is 20.7 Å². The number of benzene rings is 2. The third-order valence-corrected chi connectivity index (χ3v) is 11.9. The van der Waals surface area contributed by atoms with Crippen molar-refractivity contribution in [2.75, 3.05) is 6.61 Å². The standard InChI is InChI=1S/C26H33ClO2Si/c1-19(24-23(28)18-20(2)25(24)27)16-17-29-30(26(3,4)5,21-12-8-6-9-13-21)22-14-10-7-11-15-22/h6-15,19-20H,16-18H2,1-5H3/t19-,20-/m0/s1. The Bertz CT molecular complexity index is 860. The molecule has 0 bridgehead atoms.